The number of fused-ring (bicyclic) bond motifs is 1. The predicted octanol–water partition coefficient (Wildman–Crippen LogP) is 4.76. The molecule has 0 aliphatic rings. The van der Waals surface area contributed by atoms with Crippen molar-refractivity contribution in [1.29, 1.82) is 0 Å². The van der Waals surface area contributed by atoms with Crippen LogP contribution in [0.4, 0.5) is 0 Å². The molecule has 2 aromatic carbocycles. The first-order chi connectivity index (χ1) is 10.3. The average Bonchev–Trinajstić information content (AvgIpc) is 2.97. The van der Waals surface area contributed by atoms with Crippen LogP contribution in [-0.4, -0.2) is 7.11 Å². The first kappa shape index (κ1) is 14.1. The van der Waals surface area contributed by atoms with Crippen LogP contribution in [-0.2, 0) is 6.54 Å². The highest BCUT2D eigenvalue weighted by atomic mass is 32.1. The highest BCUT2D eigenvalue weighted by molar-refractivity contribution is 7.19. The van der Waals surface area contributed by atoms with E-state index in [2.05, 4.69) is 54.7 Å². The Morgan fingerprint density at radius 2 is 1.86 bits per heavy atom. The van der Waals surface area contributed by atoms with Crippen molar-refractivity contribution in [3.05, 3.63) is 65.0 Å². The molecule has 0 aliphatic heterocycles. The van der Waals surface area contributed by atoms with E-state index < -0.39 is 0 Å². The van der Waals surface area contributed by atoms with Crippen LogP contribution in [0, 0.1) is 0 Å². The predicted molar refractivity (Wildman–Crippen MR) is 90.1 cm³/mol. The number of benzene rings is 2. The molecular weight excluding hydrogens is 278 g/mol. The molecule has 0 saturated heterocycles. The quantitative estimate of drug-likeness (QED) is 0.733. The summed E-state index contributed by atoms with van der Waals surface area (Å²) >= 11 is 1.86. The lowest BCUT2D eigenvalue weighted by atomic mass is 10.2. The van der Waals surface area contributed by atoms with Crippen LogP contribution < -0.4 is 10.1 Å². The van der Waals surface area contributed by atoms with E-state index in [4.69, 9.17) is 4.74 Å². The van der Waals surface area contributed by atoms with Gasteiger partial charge in [-0.2, -0.15) is 0 Å². The molecule has 1 aromatic heterocycles. The maximum Gasteiger partial charge on any atom is 0.118 e. The van der Waals surface area contributed by atoms with Gasteiger partial charge in [0.25, 0.3) is 0 Å². The molecule has 3 aromatic rings. The third-order valence-electron chi connectivity index (χ3n) is 3.64. The van der Waals surface area contributed by atoms with Gasteiger partial charge in [0.2, 0.25) is 0 Å². The minimum absolute atomic E-state index is 0.351. The van der Waals surface area contributed by atoms with Crippen LogP contribution in [0.3, 0.4) is 0 Å². The van der Waals surface area contributed by atoms with Crippen molar-refractivity contribution >= 4 is 21.4 Å². The summed E-state index contributed by atoms with van der Waals surface area (Å²) in [6.07, 6.45) is 0. The molecular formula is C18H19NOS. The largest absolute Gasteiger partial charge is 0.497 e. The van der Waals surface area contributed by atoms with Gasteiger partial charge in [-0.25, -0.2) is 0 Å². The van der Waals surface area contributed by atoms with Crippen molar-refractivity contribution in [2.75, 3.05) is 7.11 Å². The molecule has 3 heteroatoms. The van der Waals surface area contributed by atoms with Crippen molar-refractivity contribution in [1.82, 2.24) is 5.32 Å². The summed E-state index contributed by atoms with van der Waals surface area (Å²) in [5.74, 6) is 0.899. The number of rotatable bonds is 5. The zero-order valence-corrected chi connectivity index (χ0v) is 13.1. The third-order valence-corrected chi connectivity index (χ3v) is 4.94. The SMILES string of the molecule is COc1ccc(CN[C@H](C)c2cc3ccccc3s2)cc1. The van der Waals surface area contributed by atoms with Gasteiger partial charge >= 0.3 is 0 Å². The summed E-state index contributed by atoms with van der Waals surface area (Å²) in [5, 5.41) is 4.91. The second-order valence-electron chi connectivity index (χ2n) is 5.14. The van der Waals surface area contributed by atoms with E-state index in [1.165, 1.54) is 20.5 Å². The molecule has 0 bridgehead atoms. The van der Waals surface area contributed by atoms with Gasteiger partial charge in [0.05, 0.1) is 7.11 Å². The lowest BCUT2D eigenvalue weighted by Gasteiger charge is -2.12. The highest BCUT2D eigenvalue weighted by Gasteiger charge is 2.09. The fourth-order valence-corrected chi connectivity index (χ4v) is 3.42. The minimum atomic E-state index is 0.351. The summed E-state index contributed by atoms with van der Waals surface area (Å²) < 4.78 is 6.53. The number of thiophene rings is 1. The van der Waals surface area contributed by atoms with Crippen LogP contribution in [0.1, 0.15) is 23.4 Å². The Kier molecular flexibility index (Phi) is 4.23. The minimum Gasteiger partial charge on any atom is -0.497 e. The van der Waals surface area contributed by atoms with Crippen LogP contribution in [0.25, 0.3) is 10.1 Å². The van der Waals surface area contributed by atoms with E-state index in [9.17, 15) is 0 Å². The zero-order chi connectivity index (χ0) is 14.7. The number of ether oxygens (including phenoxy) is 1. The molecule has 0 unspecified atom stereocenters. The fourth-order valence-electron chi connectivity index (χ4n) is 2.33. The second kappa shape index (κ2) is 6.29. The lowest BCUT2D eigenvalue weighted by Crippen LogP contribution is -2.17. The van der Waals surface area contributed by atoms with Crippen molar-refractivity contribution < 1.29 is 4.74 Å². The summed E-state index contributed by atoms with van der Waals surface area (Å²) in [6.45, 7) is 3.08. The average molecular weight is 297 g/mol. The van der Waals surface area contributed by atoms with Crippen LogP contribution in [0.15, 0.2) is 54.6 Å². The molecule has 3 rings (SSSR count). The Morgan fingerprint density at radius 1 is 1.10 bits per heavy atom. The van der Waals surface area contributed by atoms with Gasteiger partial charge in [0.1, 0.15) is 5.75 Å². The van der Waals surface area contributed by atoms with Crippen LogP contribution in [0.5, 0.6) is 5.75 Å². The summed E-state index contributed by atoms with van der Waals surface area (Å²) in [7, 11) is 1.69. The van der Waals surface area contributed by atoms with Crippen molar-refractivity contribution in [3.63, 3.8) is 0 Å². The van der Waals surface area contributed by atoms with Crippen LogP contribution in [0.2, 0.25) is 0 Å². The first-order valence-electron chi connectivity index (χ1n) is 7.11. The van der Waals surface area contributed by atoms with E-state index >= 15 is 0 Å². The number of nitrogens with one attached hydrogen (secondary N) is 1. The molecule has 0 saturated carbocycles. The summed E-state index contributed by atoms with van der Waals surface area (Å²) in [5.41, 5.74) is 1.27. The number of hydrogen-bond donors (Lipinski definition) is 1. The molecule has 1 atom stereocenters. The Balaban J connectivity index is 1.66. The van der Waals surface area contributed by atoms with Gasteiger partial charge in [0, 0.05) is 22.2 Å². The molecule has 0 fully saturated rings. The van der Waals surface area contributed by atoms with E-state index in [0.29, 0.717) is 6.04 Å². The van der Waals surface area contributed by atoms with E-state index in [0.717, 1.165) is 12.3 Å². The Bertz CT molecular complexity index is 684. The van der Waals surface area contributed by atoms with Crippen LogP contribution >= 0.6 is 11.3 Å². The Hall–Kier alpha value is -1.84. The monoisotopic (exact) mass is 297 g/mol. The van der Waals surface area contributed by atoms with Gasteiger partial charge < -0.3 is 10.1 Å². The molecule has 2 nitrogen and oxygen atoms in total. The number of hydrogen-bond acceptors (Lipinski definition) is 3. The first-order valence-corrected chi connectivity index (χ1v) is 7.92. The maximum absolute atomic E-state index is 5.18. The molecule has 1 heterocycles. The molecule has 108 valence electrons. The zero-order valence-electron chi connectivity index (χ0n) is 12.3. The molecule has 0 radical (unpaired) electrons. The highest BCUT2D eigenvalue weighted by Crippen LogP contribution is 2.29. The van der Waals surface area contributed by atoms with Crippen molar-refractivity contribution in [3.8, 4) is 5.75 Å². The second-order valence-corrected chi connectivity index (χ2v) is 6.25. The number of methoxy groups -OCH3 is 1. The van der Waals surface area contributed by atoms with E-state index in [-0.39, 0.29) is 0 Å². The smallest absolute Gasteiger partial charge is 0.118 e. The molecule has 1 N–H and O–H groups in total. The topological polar surface area (TPSA) is 21.3 Å². The maximum atomic E-state index is 5.18. The molecule has 0 amide bonds. The van der Waals surface area contributed by atoms with E-state index in [1.54, 1.807) is 7.11 Å². The standard InChI is InChI=1S/C18H19NOS/c1-13(18-11-15-5-3-4-6-17(15)21-18)19-12-14-7-9-16(20-2)10-8-14/h3-11,13,19H,12H2,1-2H3/t13-/m1/s1. The normalized spacial score (nSPS) is 12.5. The van der Waals surface area contributed by atoms with Crippen molar-refractivity contribution in [2.24, 2.45) is 0 Å². The van der Waals surface area contributed by atoms with Gasteiger partial charge in [-0.3, -0.25) is 0 Å². The van der Waals surface area contributed by atoms with Gasteiger partial charge in [-0.15, -0.1) is 11.3 Å². The summed E-state index contributed by atoms with van der Waals surface area (Å²) in [4.78, 5) is 1.38. The van der Waals surface area contributed by atoms with Gasteiger partial charge in [-0.05, 0) is 42.1 Å². The Morgan fingerprint density at radius 3 is 2.57 bits per heavy atom. The molecule has 0 spiro atoms. The van der Waals surface area contributed by atoms with Gasteiger partial charge in [-0.1, -0.05) is 30.3 Å². The Labute approximate surface area is 129 Å². The lowest BCUT2D eigenvalue weighted by molar-refractivity contribution is 0.414. The van der Waals surface area contributed by atoms with Gasteiger partial charge in [0.15, 0.2) is 0 Å². The summed E-state index contributed by atoms with van der Waals surface area (Å²) in [6, 6.07) is 19.4. The van der Waals surface area contributed by atoms with Crippen molar-refractivity contribution in [2.45, 2.75) is 19.5 Å². The van der Waals surface area contributed by atoms with E-state index in [1.807, 2.05) is 23.5 Å². The molecule has 21 heavy (non-hydrogen) atoms. The molecule has 0 aliphatic carbocycles. The third kappa shape index (κ3) is 3.26. The fraction of sp³-hybridized carbons (Fsp3) is 0.222.